The van der Waals surface area contributed by atoms with Gasteiger partial charge in [-0.1, -0.05) is 19.1 Å². The van der Waals surface area contributed by atoms with Gasteiger partial charge in [0.05, 0.1) is 16.4 Å². The van der Waals surface area contributed by atoms with Gasteiger partial charge in [0.25, 0.3) is 11.5 Å². The molecule has 3 heterocycles. The Morgan fingerprint density at radius 2 is 2.04 bits per heavy atom. The van der Waals surface area contributed by atoms with E-state index in [1.54, 1.807) is 13.0 Å². The molecule has 1 N–H and O–H groups in total. The first-order valence-corrected chi connectivity index (χ1v) is 9.17. The van der Waals surface area contributed by atoms with Gasteiger partial charge in [-0.2, -0.15) is 0 Å². The van der Waals surface area contributed by atoms with Gasteiger partial charge in [-0.25, -0.2) is 14.6 Å². The van der Waals surface area contributed by atoms with E-state index in [-0.39, 0.29) is 18.0 Å². The number of fused-ring (bicyclic) bond motifs is 2. The minimum absolute atomic E-state index is 0.0806. The molecule has 0 atom stereocenters. The van der Waals surface area contributed by atoms with Crippen molar-refractivity contribution < 1.29 is 4.79 Å². The third-order valence-electron chi connectivity index (χ3n) is 4.25. The number of carbonyl (C=O) groups excluding carboxylic acids is 1. The van der Waals surface area contributed by atoms with Gasteiger partial charge in [-0.05, 0) is 30.5 Å². The van der Waals surface area contributed by atoms with Crippen LogP contribution in [0.5, 0.6) is 0 Å². The monoisotopic (exact) mass is 367 g/mol. The molecule has 132 valence electrons. The molecular weight excluding hydrogens is 350 g/mol. The van der Waals surface area contributed by atoms with E-state index >= 15 is 0 Å². The summed E-state index contributed by atoms with van der Waals surface area (Å²) in [6.45, 7) is 3.78. The van der Waals surface area contributed by atoms with Crippen LogP contribution in [0, 0.1) is 6.92 Å². The van der Waals surface area contributed by atoms with Crippen LogP contribution < -0.4 is 11.0 Å². The summed E-state index contributed by atoms with van der Waals surface area (Å²) in [6.07, 6.45) is 0.712. The van der Waals surface area contributed by atoms with Crippen LogP contribution in [0.1, 0.15) is 18.6 Å². The highest BCUT2D eigenvalue weighted by atomic mass is 32.1. The molecule has 0 unspecified atom stereocenters. The Hall–Kier alpha value is -3.00. The summed E-state index contributed by atoms with van der Waals surface area (Å²) in [5.74, 6) is 0.978. The number of carbonyl (C=O) groups is 1. The highest BCUT2D eigenvalue weighted by Gasteiger charge is 2.15. The van der Waals surface area contributed by atoms with Crippen LogP contribution in [0.2, 0.25) is 0 Å². The Balaban J connectivity index is 1.67. The lowest BCUT2D eigenvalue weighted by Crippen LogP contribution is -2.37. The van der Waals surface area contributed by atoms with E-state index in [0.717, 1.165) is 16.9 Å². The Morgan fingerprint density at radius 1 is 1.23 bits per heavy atom. The Kier molecular flexibility index (Phi) is 4.04. The fraction of sp³-hybridized carbons (Fsp3) is 0.222. The van der Waals surface area contributed by atoms with Gasteiger partial charge in [0.15, 0.2) is 0 Å². The maximum absolute atomic E-state index is 12.6. The summed E-state index contributed by atoms with van der Waals surface area (Å²) in [4.78, 5) is 34.8. The van der Waals surface area contributed by atoms with E-state index in [4.69, 9.17) is 0 Å². The molecule has 3 aromatic heterocycles. The van der Waals surface area contributed by atoms with Crippen molar-refractivity contribution in [3.63, 3.8) is 0 Å². The molecule has 0 fully saturated rings. The molecule has 0 saturated carbocycles. The average molecular weight is 367 g/mol. The number of imidazole rings is 1. The molecule has 0 aliphatic rings. The summed E-state index contributed by atoms with van der Waals surface area (Å²) in [5, 5.41) is 2.32. The number of rotatable bonds is 4. The van der Waals surface area contributed by atoms with Crippen molar-refractivity contribution in [1.82, 2.24) is 19.2 Å². The van der Waals surface area contributed by atoms with Crippen molar-refractivity contribution in [1.29, 1.82) is 0 Å². The van der Waals surface area contributed by atoms with Crippen molar-refractivity contribution in [2.75, 3.05) is 5.43 Å². The van der Waals surface area contributed by atoms with Crippen LogP contribution in [0.25, 0.3) is 21.3 Å². The maximum atomic E-state index is 12.6. The van der Waals surface area contributed by atoms with Gasteiger partial charge in [0, 0.05) is 6.42 Å². The van der Waals surface area contributed by atoms with E-state index in [1.165, 1.54) is 16.0 Å². The second kappa shape index (κ2) is 6.38. The third-order valence-corrected chi connectivity index (χ3v) is 5.06. The maximum Gasteiger partial charge on any atom is 0.281 e. The molecule has 0 spiro atoms. The van der Waals surface area contributed by atoms with E-state index in [9.17, 15) is 9.59 Å². The normalized spacial score (nSPS) is 11.3. The zero-order chi connectivity index (χ0) is 18.3. The molecule has 4 aromatic rings. The predicted octanol–water partition coefficient (Wildman–Crippen LogP) is 2.45. The summed E-state index contributed by atoms with van der Waals surface area (Å²) in [6, 6.07) is 9.41. The lowest BCUT2D eigenvalue weighted by Gasteiger charge is -2.12. The first kappa shape index (κ1) is 16.5. The smallest absolute Gasteiger partial charge is 0.281 e. The van der Waals surface area contributed by atoms with Crippen molar-refractivity contribution in [3.05, 3.63) is 57.7 Å². The predicted molar refractivity (Wildman–Crippen MR) is 102 cm³/mol. The quantitative estimate of drug-likeness (QED) is 0.601. The molecule has 0 aliphatic carbocycles. The minimum atomic E-state index is -0.301. The van der Waals surface area contributed by atoms with E-state index in [1.807, 2.05) is 41.1 Å². The van der Waals surface area contributed by atoms with Gasteiger partial charge in [0.1, 0.15) is 23.0 Å². The first-order valence-electron chi connectivity index (χ1n) is 8.29. The highest BCUT2D eigenvalue weighted by Crippen LogP contribution is 2.17. The lowest BCUT2D eigenvalue weighted by atomic mass is 10.3. The number of hydrogen-bond acceptors (Lipinski definition) is 5. The standard InChI is InChI=1S/C18H17N5O2S/c1-3-15-20-13-6-4-5-7-14(13)22(15)10-16(24)21-23-11(2)19-17-12(18(23)25)8-9-26-17/h4-9H,3,10H2,1-2H3,(H,21,24). The first-order chi connectivity index (χ1) is 12.6. The second-order valence-corrected chi connectivity index (χ2v) is 6.82. The summed E-state index contributed by atoms with van der Waals surface area (Å²) in [5.41, 5.74) is 4.16. The van der Waals surface area contributed by atoms with Crippen LogP contribution in [-0.4, -0.2) is 25.1 Å². The van der Waals surface area contributed by atoms with E-state index < -0.39 is 0 Å². The Labute approximate surface area is 152 Å². The third kappa shape index (κ3) is 2.68. The fourth-order valence-electron chi connectivity index (χ4n) is 3.02. The Bertz CT molecular complexity index is 1190. The second-order valence-electron chi connectivity index (χ2n) is 5.93. The number of hydrogen-bond donors (Lipinski definition) is 1. The topological polar surface area (TPSA) is 81.8 Å². The van der Waals surface area contributed by atoms with Gasteiger partial charge in [-0.3, -0.25) is 15.0 Å². The van der Waals surface area contributed by atoms with Crippen LogP contribution in [0.3, 0.4) is 0 Å². The fourth-order valence-corrected chi connectivity index (χ4v) is 3.82. The number of aromatic nitrogens is 4. The zero-order valence-electron chi connectivity index (χ0n) is 14.4. The SMILES string of the molecule is CCc1nc2ccccc2n1CC(=O)Nn1c(C)nc2sccc2c1=O. The highest BCUT2D eigenvalue weighted by molar-refractivity contribution is 7.16. The van der Waals surface area contributed by atoms with Crippen LogP contribution >= 0.6 is 11.3 Å². The van der Waals surface area contributed by atoms with Crippen molar-refractivity contribution >= 4 is 38.5 Å². The molecule has 0 aliphatic heterocycles. The number of nitrogens with zero attached hydrogens (tertiary/aromatic N) is 4. The van der Waals surface area contributed by atoms with Crippen molar-refractivity contribution in [2.45, 2.75) is 26.8 Å². The molecule has 8 heteroatoms. The van der Waals surface area contributed by atoms with Crippen LogP contribution in [0.4, 0.5) is 0 Å². The molecule has 4 rings (SSSR count). The number of para-hydroxylation sites is 2. The number of thiophene rings is 1. The van der Waals surface area contributed by atoms with Crippen molar-refractivity contribution in [3.8, 4) is 0 Å². The minimum Gasteiger partial charge on any atom is -0.318 e. The Morgan fingerprint density at radius 3 is 2.85 bits per heavy atom. The molecule has 1 aromatic carbocycles. The summed E-state index contributed by atoms with van der Waals surface area (Å²) >= 11 is 1.40. The molecule has 1 amide bonds. The molecule has 7 nitrogen and oxygen atoms in total. The van der Waals surface area contributed by atoms with Crippen LogP contribution in [-0.2, 0) is 17.8 Å². The number of amides is 1. The van der Waals surface area contributed by atoms with Crippen molar-refractivity contribution in [2.24, 2.45) is 0 Å². The molecule has 0 bridgehead atoms. The molecule has 0 saturated heterocycles. The molecular formula is C18H17N5O2S. The van der Waals surface area contributed by atoms with Crippen LogP contribution in [0.15, 0.2) is 40.5 Å². The van der Waals surface area contributed by atoms with Gasteiger partial charge in [-0.15, -0.1) is 11.3 Å². The largest absolute Gasteiger partial charge is 0.318 e. The summed E-state index contributed by atoms with van der Waals surface area (Å²) < 4.78 is 3.09. The molecule has 26 heavy (non-hydrogen) atoms. The van der Waals surface area contributed by atoms with Gasteiger partial charge < -0.3 is 4.57 Å². The zero-order valence-corrected chi connectivity index (χ0v) is 15.2. The van der Waals surface area contributed by atoms with E-state index in [2.05, 4.69) is 15.4 Å². The van der Waals surface area contributed by atoms with Gasteiger partial charge in [0.2, 0.25) is 0 Å². The lowest BCUT2D eigenvalue weighted by molar-refractivity contribution is -0.117. The number of aryl methyl sites for hydroxylation is 2. The molecule has 0 radical (unpaired) electrons. The number of benzene rings is 1. The number of nitrogens with one attached hydrogen (secondary N) is 1. The van der Waals surface area contributed by atoms with Gasteiger partial charge >= 0.3 is 0 Å². The van der Waals surface area contributed by atoms with E-state index in [0.29, 0.717) is 22.5 Å². The summed E-state index contributed by atoms with van der Waals surface area (Å²) in [7, 11) is 0. The average Bonchev–Trinajstić information content (AvgIpc) is 3.23.